The maximum Gasteiger partial charge on any atom is 0.336 e. The highest BCUT2D eigenvalue weighted by molar-refractivity contribution is 7.86. The van der Waals surface area contributed by atoms with Gasteiger partial charge in [0.1, 0.15) is 23.0 Å². The molecule has 0 unspecified atom stereocenters. The van der Waals surface area contributed by atoms with Gasteiger partial charge in [-0.2, -0.15) is 16.8 Å². The highest BCUT2D eigenvalue weighted by Gasteiger charge is 2.35. The predicted molar refractivity (Wildman–Crippen MR) is 219 cm³/mol. The lowest BCUT2D eigenvalue weighted by Gasteiger charge is -2.41. The van der Waals surface area contributed by atoms with Crippen molar-refractivity contribution in [1.82, 2.24) is 5.32 Å². The fourth-order valence-corrected chi connectivity index (χ4v) is 8.88. The van der Waals surface area contributed by atoms with E-state index < -0.39 is 54.7 Å². The molecule has 0 saturated carbocycles. The molecular weight excluding hydrogens is 789 g/mol. The number of carbonyl (C=O) groups excluding carboxylic acids is 1. The van der Waals surface area contributed by atoms with E-state index in [0.29, 0.717) is 58.0 Å². The number of likely N-dealkylation sites (N-methyl/N-ethyl adjacent to an activating group) is 1. The molecule has 0 fully saturated rings. The fourth-order valence-electron chi connectivity index (χ4n) is 7.61. The number of azide groups is 1. The van der Waals surface area contributed by atoms with Gasteiger partial charge in [0, 0.05) is 75.9 Å². The van der Waals surface area contributed by atoms with Crippen LogP contribution in [-0.4, -0.2) is 85.6 Å². The van der Waals surface area contributed by atoms with Gasteiger partial charge in [-0.1, -0.05) is 30.1 Å². The van der Waals surface area contributed by atoms with E-state index in [-0.39, 0.29) is 39.3 Å². The highest BCUT2D eigenvalue weighted by atomic mass is 32.2. The third-order valence-corrected chi connectivity index (χ3v) is 11.7. The van der Waals surface area contributed by atoms with Gasteiger partial charge in [-0.25, -0.2) is 4.79 Å². The molecule has 0 aliphatic carbocycles. The Bertz CT molecular complexity index is 2720. The van der Waals surface area contributed by atoms with Crippen LogP contribution in [0.5, 0.6) is 11.5 Å². The number of hydrogen-bond donors (Lipinski definition) is 4. The van der Waals surface area contributed by atoms with Crippen LogP contribution >= 0.6 is 0 Å². The van der Waals surface area contributed by atoms with Gasteiger partial charge in [-0.05, 0) is 93.1 Å². The normalized spacial score (nSPS) is 16.2. The molecule has 306 valence electrons. The summed E-state index contributed by atoms with van der Waals surface area (Å²) < 4.78 is 75.6. The Labute approximate surface area is 335 Å². The lowest BCUT2D eigenvalue weighted by molar-refractivity contribution is 0.0695. The van der Waals surface area contributed by atoms with Crippen LogP contribution in [0, 0.1) is 0 Å². The summed E-state index contributed by atoms with van der Waals surface area (Å²) in [4.78, 5) is 36.0. The van der Waals surface area contributed by atoms with Gasteiger partial charge in [-0.3, -0.25) is 18.9 Å². The number of carboxylic acids is 1. The van der Waals surface area contributed by atoms with Gasteiger partial charge in [0.05, 0.1) is 22.0 Å². The molecule has 0 spiro atoms. The standard InChI is InChI=1S/C40H44N6O10S2/c1-39(2)19-24(21-57(50,51)52)27-15-30-34(17-32(27)44-39)56-35-18-33-28(25(22-58(53,54)55)20-40(3,4)46(33)5)16-31(35)36(30)29-14-23(10-11-26(29)38(48)49)37(47)42-12-8-6-7-9-13-43-45-41/h10-11,14-20H,6-9,12-13,21-22H2,1-5H3,(H,42,47)(H,48,49)(H,50,51,52)(H,53,54,55). The Morgan fingerprint density at radius 3 is 2.19 bits per heavy atom. The number of amides is 1. The number of nitrogens with one attached hydrogen (secondary N) is 1. The Morgan fingerprint density at radius 2 is 1.53 bits per heavy atom. The first-order valence-corrected chi connectivity index (χ1v) is 21.7. The number of rotatable bonds is 14. The van der Waals surface area contributed by atoms with Crippen molar-refractivity contribution in [2.45, 2.75) is 64.5 Å². The number of anilines is 1. The van der Waals surface area contributed by atoms with Crippen LogP contribution < -0.4 is 25.5 Å². The van der Waals surface area contributed by atoms with Crippen molar-refractivity contribution in [3.8, 4) is 11.5 Å². The zero-order valence-corrected chi connectivity index (χ0v) is 34.2. The smallest absolute Gasteiger partial charge is 0.336 e. The molecule has 3 aromatic carbocycles. The summed E-state index contributed by atoms with van der Waals surface area (Å²) >= 11 is 0. The van der Waals surface area contributed by atoms with Gasteiger partial charge in [-0.15, -0.1) is 0 Å². The summed E-state index contributed by atoms with van der Waals surface area (Å²) in [5, 5.41) is 17.7. The maximum atomic E-state index is 13.6. The topological polar surface area (TPSA) is 249 Å². The summed E-state index contributed by atoms with van der Waals surface area (Å²) in [5.74, 6) is -2.69. The quantitative estimate of drug-likeness (QED) is 0.0405. The number of carbonyl (C=O) groups is 2. The molecule has 3 aliphatic rings. The van der Waals surface area contributed by atoms with E-state index >= 15 is 0 Å². The minimum Gasteiger partial charge on any atom is -0.478 e. The molecule has 4 N–H and O–H groups in total. The van der Waals surface area contributed by atoms with Crippen LogP contribution in [0.1, 0.15) is 96.3 Å². The molecular formula is C40H44N6O10S2. The molecule has 0 atom stereocenters. The number of hydrogen-bond acceptors (Lipinski definition) is 10. The van der Waals surface area contributed by atoms with Crippen molar-refractivity contribution in [2.75, 3.05) is 36.5 Å². The molecule has 58 heavy (non-hydrogen) atoms. The third-order valence-electron chi connectivity index (χ3n) is 10.3. The van der Waals surface area contributed by atoms with E-state index in [0.717, 1.165) is 19.3 Å². The van der Waals surface area contributed by atoms with Crippen molar-refractivity contribution < 1.29 is 45.4 Å². The largest absolute Gasteiger partial charge is 0.478 e. The first-order chi connectivity index (χ1) is 27.1. The second kappa shape index (κ2) is 15.7. The van der Waals surface area contributed by atoms with E-state index in [1.807, 2.05) is 25.8 Å². The van der Waals surface area contributed by atoms with E-state index in [4.69, 9.17) is 15.3 Å². The Morgan fingerprint density at radius 1 is 0.862 bits per heavy atom. The van der Waals surface area contributed by atoms with E-state index in [1.165, 1.54) is 18.2 Å². The Balaban J connectivity index is 1.60. The molecule has 0 radical (unpaired) electrons. The van der Waals surface area contributed by atoms with Crippen molar-refractivity contribution in [3.63, 3.8) is 0 Å². The molecule has 16 nitrogen and oxygen atoms in total. The number of fused-ring (bicyclic) bond motifs is 4. The zero-order chi connectivity index (χ0) is 42.4. The minimum atomic E-state index is -4.52. The van der Waals surface area contributed by atoms with Crippen LogP contribution in [-0.2, 0) is 20.2 Å². The van der Waals surface area contributed by atoms with Gasteiger partial charge in [0.2, 0.25) is 0 Å². The summed E-state index contributed by atoms with van der Waals surface area (Å²) in [6.45, 7) is 8.03. The van der Waals surface area contributed by atoms with Gasteiger partial charge in [0.15, 0.2) is 0 Å². The number of aromatic carboxylic acids is 1. The Hall–Kier alpha value is -5.52. The lowest BCUT2D eigenvalue weighted by atomic mass is 9.83. The first-order valence-electron chi connectivity index (χ1n) is 18.5. The lowest BCUT2D eigenvalue weighted by Crippen LogP contribution is -2.42. The van der Waals surface area contributed by atoms with Gasteiger partial charge >= 0.3 is 5.97 Å². The average Bonchev–Trinajstić information content (AvgIpc) is 3.10. The van der Waals surface area contributed by atoms with Crippen LogP contribution in [0.2, 0.25) is 0 Å². The summed E-state index contributed by atoms with van der Waals surface area (Å²) in [7, 11) is -7.21. The number of carboxylic acid groups (broad SMARTS) is 1. The summed E-state index contributed by atoms with van der Waals surface area (Å²) in [6.07, 6.45) is 6.31. The van der Waals surface area contributed by atoms with Crippen molar-refractivity contribution >= 4 is 54.5 Å². The monoisotopic (exact) mass is 832 g/mol. The van der Waals surface area contributed by atoms with Crippen LogP contribution in [0.4, 0.5) is 5.69 Å². The predicted octanol–water partition coefficient (Wildman–Crippen LogP) is 5.52. The Kier molecular flexibility index (Phi) is 11.4. The molecule has 3 aliphatic heterocycles. The third kappa shape index (κ3) is 9.11. The van der Waals surface area contributed by atoms with Crippen LogP contribution in [0.25, 0.3) is 27.2 Å². The molecule has 18 heteroatoms. The number of nitrogens with zero attached hydrogens (tertiary/aromatic N) is 5. The van der Waals surface area contributed by atoms with Crippen LogP contribution in [0.3, 0.4) is 0 Å². The summed E-state index contributed by atoms with van der Waals surface area (Å²) in [6, 6.07) is 10.8. The number of benzene rings is 3. The average molecular weight is 833 g/mol. The molecule has 1 amide bonds. The molecule has 6 rings (SSSR count). The second-order valence-corrected chi connectivity index (χ2v) is 18.6. The first kappa shape index (κ1) is 42.1. The van der Waals surface area contributed by atoms with E-state index in [2.05, 4.69) is 15.3 Å². The van der Waals surface area contributed by atoms with Gasteiger partial charge < -0.3 is 20.1 Å². The van der Waals surface area contributed by atoms with E-state index in [1.54, 1.807) is 50.3 Å². The second-order valence-electron chi connectivity index (χ2n) is 15.7. The SMILES string of the molecule is CN1c2cc3c(cc2C(CS(=O)(=O)O)=CC1(C)C)C(c1cc(C(=O)NCCCCCCN=[N+]=[N-])ccc1C(=O)O)=c1cc2c(cc1O3)=NC(C)(C)C=C2CS(=O)(=O)O. The highest BCUT2D eigenvalue weighted by Crippen LogP contribution is 2.47. The fraction of sp³-hybridized carbons (Fsp3) is 0.375. The van der Waals surface area contributed by atoms with Crippen molar-refractivity contribution in [2.24, 2.45) is 10.1 Å². The molecule has 0 saturated heterocycles. The van der Waals surface area contributed by atoms with Crippen molar-refractivity contribution in [3.05, 3.63) is 109 Å². The molecule has 3 aromatic rings. The van der Waals surface area contributed by atoms with Gasteiger partial charge in [0.25, 0.3) is 26.1 Å². The van der Waals surface area contributed by atoms with E-state index in [9.17, 15) is 40.6 Å². The van der Waals surface area contributed by atoms with Crippen molar-refractivity contribution in [1.29, 1.82) is 0 Å². The molecule has 3 heterocycles. The molecule has 0 bridgehead atoms. The number of ether oxygens (including phenoxy) is 1. The minimum absolute atomic E-state index is 0.113. The zero-order valence-electron chi connectivity index (χ0n) is 32.6. The maximum absolute atomic E-state index is 13.6. The van der Waals surface area contributed by atoms with Crippen LogP contribution in [0.15, 0.2) is 64.7 Å². The number of unbranched alkanes of at least 4 members (excludes halogenated alkanes) is 3. The summed E-state index contributed by atoms with van der Waals surface area (Å²) in [5.41, 5.74) is 9.47. The molecule has 0 aromatic heterocycles.